The van der Waals surface area contributed by atoms with E-state index >= 15 is 0 Å². The van der Waals surface area contributed by atoms with Gasteiger partial charge in [-0.3, -0.25) is 4.79 Å². The third kappa shape index (κ3) is 4.22. The molecule has 0 fully saturated rings. The van der Waals surface area contributed by atoms with Gasteiger partial charge in [0.15, 0.2) is 0 Å². The summed E-state index contributed by atoms with van der Waals surface area (Å²) in [5.41, 5.74) is -0.666. The van der Waals surface area contributed by atoms with Crippen LogP contribution < -0.4 is 4.72 Å². The summed E-state index contributed by atoms with van der Waals surface area (Å²) in [6.07, 6.45) is -0.109. The lowest BCUT2D eigenvalue weighted by Crippen LogP contribution is -2.41. The first-order valence-corrected chi connectivity index (χ1v) is 7.24. The maximum Gasteiger partial charge on any atom is 0.321 e. The topological polar surface area (TPSA) is 116 Å². The molecule has 0 aliphatic carbocycles. The molecule has 0 radical (unpaired) electrons. The van der Waals surface area contributed by atoms with Crippen molar-refractivity contribution >= 4 is 16.0 Å². The first kappa shape index (κ1) is 17.0. The van der Waals surface area contributed by atoms with Crippen LogP contribution in [0, 0.1) is 17.1 Å². The Morgan fingerprint density at radius 2 is 2.24 bits per heavy atom. The van der Waals surface area contributed by atoms with E-state index in [4.69, 9.17) is 15.1 Å². The quantitative estimate of drug-likeness (QED) is 0.755. The van der Waals surface area contributed by atoms with Gasteiger partial charge in [0.05, 0.1) is 0 Å². The lowest BCUT2D eigenvalue weighted by molar-refractivity contribution is -0.139. The molecule has 7 nitrogen and oxygen atoms in total. The summed E-state index contributed by atoms with van der Waals surface area (Å²) in [5.74, 6) is -2.39. The lowest BCUT2D eigenvalue weighted by atomic mass is 10.2. The fourth-order valence-corrected chi connectivity index (χ4v) is 2.95. The summed E-state index contributed by atoms with van der Waals surface area (Å²) in [6, 6.07) is 3.10. The fourth-order valence-electron chi connectivity index (χ4n) is 1.56. The summed E-state index contributed by atoms with van der Waals surface area (Å²) < 4.78 is 44.3. The number of sulfonamides is 1. The Balaban J connectivity index is 3.14. The Morgan fingerprint density at radius 3 is 2.76 bits per heavy atom. The highest BCUT2D eigenvalue weighted by Gasteiger charge is 2.28. The number of halogens is 1. The number of aliphatic carboxylic acids is 1. The van der Waals surface area contributed by atoms with Gasteiger partial charge in [-0.2, -0.15) is 9.98 Å². The summed E-state index contributed by atoms with van der Waals surface area (Å²) >= 11 is 0. The average Bonchev–Trinajstić information content (AvgIpc) is 2.42. The predicted molar refractivity (Wildman–Crippen MR) is 69.4 cm³/mol. The number of rotatable bonds is 7. The molecular weight excluding hydrogens is 303 g/mol. The maximum atomic E-state index is 13.4. The maximum absolute atomic E-state index is 13.4. The van der Waals surface area contributed by atoms with Gasteiger partial charge in [-0.05, 0) is 18.6 Å². The minimum absolute atomic E-state index is 0.0216. The summed E-state index contributed by atoms with van der Waals surface area (Å²) in [7, 11) is -3.01. The molecule has 1 aromatic rings. The number of carboxylic acid groups (broad SMARTS) is 1. The standard InChI is InChI=1S/C12H13FN2O5S/c1-20-6-5-10(12(16)17)15-21(18,19)11-4-2-3-9(13)8(11)7-14/h2-4,10,15H,5-6H2,1H3,(H,16,17). The molecule has 21 heavy (non-hydrogen) atoms. The molecule has 2 N–H and O–H groups in total. The predicted octanol–water partition coefficient (Wildman–Crippen LogP) is 0.465. The highest BCUT2D eigenvalue weighted by molar-refractivity contribution is 7.89. The van der Waals surface area contributed by atoms with E-state index in [2.05, 4.69) is 0 Å². The van der Waals surface area contributed by atoms with Crippen molar-refractivity contribution in [1.29, 1.82) is 5.26 Å². The SMILES string of the molecule is COCCC(NS(=O)(=O)c1cccc(F)c1C#N)C(=O)O. The molecule has 0 amide bonds. The van der Waals surface area contributed by atoms with E-state index in [1.165, 1.54) is 13.2 Å². The smallest absolute Gasteiger partial charge is 0.321 e. The highest BCUT2D eigenvalue weighted by Crippen LogP contribution is 2.18. The number of benzene rings is 1. The summed E-state index contributed by atoms with van der Waals surface area (Å²) in [5, 5.41) is 17.8. The minimum atomic E-state index is -4.35. The normalized spacial score (nSPS) is 12.6. The fraction of sp³-hybridized carbons (Fsp3) is 0.333. The van der Waals surface area contributed by atoms with Gasteiger partial charge < -0.3 is 9.84 Å². The molecule has 0 heterocycles. The van der Waals surface area contributed by atoms with E-state index in [1.54, 1.807) is 0 Å². The molecule has 0 aliphatic heterocycles. The molecular formula is C12H13FN2O5S. The van der Waals surface area contributed by atoms with Crippen LogP contribution in [0.5, 0.6) is 0 Å². The Kier molecular flexibility index (Phi) is 5.78. The van der Waals surface area contributed by atoms with E-state index in [9.17, 15) is 17.6 Å². The van der Waals surface area contributed by atoms with Crippen LogP contribution in [0.2, 0.25) is 0 Å². The van der Waals surface area contributed by atoms with Crippen molar-refractivity contribution in [2.75, 3.05) is 13.7 Å². The molecule has 0 spiro atoms. The van der Waals surface area contributed by atoms with Crippen LogP contribution in [0.4, 0.5) is 4.39 Å². The zero-order valence-electron chi connectivity index (χ0n) is 11.0. The van der Waals surface area contributed by atoms with E-state index < -0.39 is 38.3 Å². The monoisotopic (exact) mass is 316 g/mol. The van der Waals surface area contributed by atoms with Gasteiger partial charge in [-0.25, -0.2) is 12.8 Å². The molecule has 0 saturated heterocycles. The Labute approximate surface area is 121 Å². The van der Waals surface area contributed by atoms with Crippen molar-refractivity contribution < 1.29 is 27.4 Å². The number of methoxy groups -OCH3 is 1. The molecule has 1 rings (SSSR count). The van der Waals surface area contributed by atoms with Gasteiger partial charge in [-0.15, -0.1) is 0 Å². The number of hydrogen-bond acceptors (Lipinski definition) is 5. The van der Waals surface area contributed by atoms with Crippen LogP contribution in [-0.4, -0.2) is 39.3 Å². The third-order valence-electron chi connectivity index (χ3n) is 2.58. The molecule has 114 valence electrons. The van der Waals surface area contributed by atoms with Gasteiger partial charge in [0.1, 0.15) is 28.4 Å². The molecule has 1 unspecified atom stereocenters. The Morgan fingerprint density at radius 1 is 1.57 bits per heavy atom. The van der Waals surface area contributed by atoms with E-state index in [1.807, 2.05) is 4.72 Å². The van der Waals surface area contributed by atoms with Gasteiger partial charge >= 0.3 is 5.97 Å². The van der Waals surface area contributed by atoms with Crippen molar-refractivity contribution in [3.8, 4) is 6.07 Å². The van der Waals surface area contributed by atoms with E-state index in [0.29, 0.717) is 0 Å². The summed E-state index contributed by atoms with van der Waals surface area (Å²) in [4.78, 5) is 10.4. The zero-order chi connectivity index (χ0) is 16.0. The van der Waals surface area contributed by atoms with Crippen LogP contribution >= 0.6 is 0 Å². The van der Waals surface area contributed by atoms with Crippen molar-refractivity contribution in [3.63, 3.8) is 0 Å². The minimum Gasteiger partial charge on any atom is -0.480 e. The number of nitrogens with one attached hydrogen (secondary N) is 1. The average molecular weight is 316 g/mol. The second-order valence-electron chi connectivity index (χ2n) is 4.02. The molecule has 0 saturated carbocycles. The highest BCUT2D eigenvalue weighted by atomic mass is 32.2. The largest absolute Gasteiger partial charge is 0.480 e. The van der Waals surface area contributed by atoms with E-state index in [-0.39, 0.29) is 13.0 Å². The van der Waals surface area contributed by atoms with Crippen LogP contribution in [-0.2, 0) is 19.6 Å². The van der Waals surface area contributed by atoms with Crippen LogP contribution in [0.15, 0.2) is 23.1 Å². The number of carboxylic acids is 1. The molecule has 9 heteroatoms. The van der Waals surface area contributed by atoms with Crippen molar-refractivity contribution in [2.24, 2.45) is 0 Å². The first-order valence-electron chi connectivity index (χ1n) is 5.76. The Hall–Kier alpha value is -2.02. The first-order chi connectivity index (χ1) is 9.83. The van der Waals surface area contributed by atoms with Crippen molar-refractivity contribution in [2.45, 2.75) is 17.4 Å². The molecule has 1 aromatic carbocycles. The van der Waals surface area contributed by atoms with Gasteiger partial charge in [0, 0.05) is 13.7 Å². The van der Waals surface area contributed by atoms with Gasteiger partial charge in [0.25, 0.3) is 0 Å². The molecule has 0 aromatic heterocycles. The Bertz CT molecular complexity index is 669. The zero-order valence-corrected chi connectivity index (χ0v) is 11.9. The molecule has 0 aliphatic rings. The lowest BCUT2D eigenvalue weighted by Gasteiger charge is -2.15. The number of carbonyl (C=O) groups is 1. The molecule has 0 bridgehead atoms. The number of nitrogens with zero attached hydrogens (tertiary/aromatic N) is 1. The van der Waals surface area contributed by atoms with E-state index in [0.717, 1.165) is 18.2 Å². The third-order valence-corrected chi connectivity index (χ3v) is 4.10. The van der Waals surface area contributed by atoms with Crippen LogP contribution in [0.25, 0.3) is 0 Å². The molecule has 1 atom stereocenters. The van der Waals surface area contributed by atoms with Crippen molar-refractivity contribution in [1.82, 2.24) is 4.72 Å². The number of nitriles is 1. The second-order valence-corrected chi connectivity index (χ2v) is 5.70. The number of ether oxygens (including phenoxy) is 1. The second kappa shape index (κ2) is 7.12. The summed E-state index contributed by atoms with van der Waals surface area (Å²) in [6.45, 7) is 0.0216. The van der Waals surface area contributed by atoms with Crippen LogP contribution in [0.1, 0.15) is 12.0 Å². The number of hydrogen-bond donors (Lipinski definition) is 2. The van der Waals surface area contributed by atoms with Crippen molar-refractivity contribution in [3.05, 3.63) is 29.6 Å². The van der Waals surface area contributed by atoms with Gasteiger partial charge in [0.2, 0.25) is 10.0 Å². The van der Waals surface area contributed by atoms with Gasteiger partial charge in [-0.1, -0.05) is 6.07 Å². The van der Waals surface area contributed by atoms with Crippen LogP contribution in [0.3, 0.4) is 0 Å².